The molecule has 0 aliphatic heterocycles. The summed E-state index contributed by atoms with van der Waals surface area (Å²) in [5.41, 5.74) is 1.46. The molecule has 0 unspecified atom stereocenters. The lowest BCUT2D eigenvalue weighted by molar-refractivity contribution is 0.222. The van der Waals surface area contributed by atoms with Gasteiger partial charge in [0, 0.05) is 24.0 Å². The van der Waals surface area contributed by atoms with Crippen molar-refractivity contribution in [2.24, 2.45) is 5.92 Å². The summed E-state index contributed by atoms with van der Waals surface area (Å²) < 4.78 is 0. The molecule has 1 saturated carbocycles. The number of nitrogens with one attached hydrogen (secondary N) is 1. The Bertz CT molecular complexity index is 662. The summed E-state index contributed by atoms with van der Waals surface area (Å²) >= 11 is 0. The Morgan fingerprint density at radius 3 is 3.00 bits per heavy atom. The molecule has 1 aliphatic carbocycles. The summed E-state index contributed by atoms with van der Waals surface area (Å²) in [4.78, 5) is 4.57. The number of rotatable bonds is 3. The minimum Gasteiger partial charge on any atom is -0.396 e. The Morgan fingerprint density at radius 2 is 2.20 bits per heavy atom. The van der Waals surface area contributed by atoms with E-state index < -0.39 is 0 Å². The third-order valence-corrected chi connectivity index (χ3v) is 4.06. The van der Waals surface area contributed by atoms with Gasteiger partial charge in [0.1, 0.15) is 5.82 Å². The molecule has 1 aliphatic rings. The number of benzene rings is 1. The van der Waals surface area contributed by atoms with Gasteiger partial charge in [-0.15, -0.1) is 0 Å². The first-order valence-electron chi connectivity index (χ1n) is 6.99. The van der Waals surface area contributed by atoms with Crippen LogP contribution in [0, 0.1) is 17.2 Å². The maximum atomic E-state index is 9.37. The average molecular weight is 267 g/mol. The number of nitrogens with zero attached hydrogens (tertiary/aromatic N) is 2. The SMILES string of the molecule is N#Cc1cc(N[C@@H]2CCC[C@H]2CO)nc2ccccc12. The highest BCUT2D eigenvalue weighted by Gasteiger charge is 2.26. The van der Waals surface area contributed by atoms with Crippen molar-refractivity contribution in [3.63, 3.8) is 0 Å². The van der Waals surface area contributed by atoms with Gasteiger partial charge < -0.3 is 10.4 Å². The number of aromatic nitrogens is 1. The molecule has 0 spiro atoms. The maximum Gasteiger partial charge on any atom is 0.128 e. The second kappa shape index (κ2) is 5.48. The van der Waals surface area contributed by atoms with Gasteiger partial charge in [-0.25, -0.2) is 4.98 Å². The molecule has 4 heteroatoms. The molecule has 0 amide bonds. The number of fused-ring (bicyclic) bond motifs is 1. The van der Waals surface area contributed by atoms with Gasteiger partial charge in [-0.3, -0.25) is 0 Å². The first-order chi connectivity index (χ1) is 9.81. The maximum absolute atomic E-state index is 9.37. The van der Waals surface area contributed by atoms with E-state index in [2.05, 4.69) is 16.4 Å². The Labute approximate surface area is 118 Å². The number of pyridine rings is 1. The van der Waals surface area contributed by atoms with Crippen LogP contribution < -0.4 is 5.32 Å². The average Bonchev–Trinajstić information content (AvgIpc) is 2.93. The molecule has 0 saturated heterocycles. The van der Waals surface area contributed by atoms with E-state index in [0.717, 1.165) is 36.0 Å². The minimum atomic E-state index is 0.205. The van der Waals surface area contributed by atoms with Crippen LogP contribution in [0.4, 0.5) is 5.82 Å². The lowest BCUT2D eigenvalue weighted by atomic mass is 10.0. The quantitative estimate of drug-likeness (QED) is 0.897. The number of hydrogen-bond donors (Lipinski definition) is 2. The first-order valence-corrected chi connectivity index (χ1v) is 6.99. The van der Waals surface area contributed by atoms with Crippen molar-refractivity contribution in [1.29, 1.82) is 5.26 Å². The van der Waals surface area contributed by atoms with E-state index in [9.17, 15) is 10.4 Å². The molecule has 1 aromatic carbocycles. The molecular weight excluding hydrogens is 250 g/mol. The molecule has 2 N–H and O–H groups in total. The van der Waals surface area contributed by atoms with Crippen molar-refractivity contribution in [2.45, 2.75) is 25.3 Å². The molecule has 102 valence electrons. The van der Waals surface area contributed by atoms with Gasteiger partial charge in [-0.05, 0) is 25.0 Å². The standard InChI is InChI=1S/C16H17N3O/c17-9-12-8-16(18-14-7-3-4-11(14)10-20)19-15-6-2-1-5-13(12)15/h1-2,5-6,8,11,14,20H,3-4,7,10H2,(H,18,19)/t11-,14+/m0/s1. The first kappa shape index (κ1) is 12.9. The third-order valence-electron chi connectivity index (χ3n) is 4.06. The Kier molecular flexibility index (Phi) is 3.53. The smallest absolute Gasteiger partial charge is 0.128 e. The molecule has 2 aromatic rings. The van der Waals surface area contributed by atoms with Crippen LogP contribution in [-0.2, 0) is 0 Å². The zero-order chi connectivity index (χ0) is 13.9. The van der Waals surface area contributed by atoms with Gasteiger partial charge in [-0.2, -0.15) is 5.26 Å². The van der Waals surface area contributed by atoms with Crippen molar-refractivity contribution in [1.82, 2.24) is 4.98 Å². The third kappa shape index (κ3) is 2.33. The van der Waals surface area contributed by atoms with Gasteiger partial charge in [0.15, 0.2) is 0 Å². The monoisotopic (exact) mass is 267 g/mol. The highest BCUT2D eigenvalue weighted by molar-refractivity contribution is 5.86. The fraction of sp³-hybridized carbons (Fsp3) is 0.375. The second-order valence-electron chi connectivity index (χ2n) is 5.31. The molecule has 2 atom stereocenters. The number of aliphatic hydroxyl groups excluding tert-OH is 1. The Morgan fingerprint density at radius 1 is 1.35 bits per heavy atom. The van der Waals surface area contributed by atoms with E-state index in [1.54, 1.807) is 6.07 Å². The number of nitriles is 1. The highest BCUT2D eigenvalue weighted by Crippen LogP contribution is 2.29. The van der Waals surface area contributed by atoms with Gasteiger partial charge in [0.25, 0.3) is 0 Å². The summed E-state index contributed by atoms with van der Waals surface area (Å²) in [5.74, 6) is 1.01. The van der Waals surface area contributed by atoms with Crippen LogP contribution in [0.5, 0.6) is 0 Å². The molecule has 20 heavy (non-hydrogen) atoms. The van der Waals surface area contributed by atoms with Crippen molar-refractivity contribution >= 4 is 16.7 Å². The lowest BCUT2D eigenvalue weighted by Crippen LogP contribution is -2.26. The van der Waals surface area contributed by atoms with E-state index in [1.807, 2.05) is 24.3 Å². The van der Waals surface area contributed by atoms with Crippen molar-refractivity contribution in [3.8, 4) is 6.07 Å². The Hall–Kier alpha value is -2.12. The van der Waals surface area contributed by atoms with Crippen LogP contribution in [0.2, 0.25) is 0 Å². The zero-order valence-electron chi connectivity index (χ0n) is 11.2. The molecule has 1 aromatic heterocycles. The topological polar surface area (TPSA) is 68.9 Å². The number of para-hydroxylation sites is 1. The normalized spacial score (nSPS) is 21.8. The predicted octanol–water partition coefficient (Wildman–Crippen LogP) is 2.68. The van der Waals surface area contributed by atoms with E-state index >= 15 is 0 Å². The molecule has 0 radical (unpaired) electrons. The number of hydrogen-bond acceptors (Lipinski definition) is 4. The fourth-order valence-corrected chi connectivity index (χ4v) is 2.98. The van der Waals surface area contributed by atoms with E-state index in [-0.39, 0.29) is 18.6 Å². The predicted molar refractivity (Wildman–Crippen MR) is 78.3 cm³/mol. The minimum absolute atomic E-state index is 0.205. The van der Waals surface area contributed by atoms with Crippen LogP contribution in [0.3, 0.4) is 0 Å². The molecule has 4 nitrogen and oxygen atoms in total. The van der Waals surface area contributed by atoms with Crippen LogP contribution in [-0.4, -0.2) is 22.7 Å². The Balaban J connectivity index is 1.94. The van der Waals surface area contributed by atoms with Gasteiger partial charge in [-0.1, -0.05) is 24.6 Å². The number of anilines is 1. The van der Waals surface area contributed by atoms with Crippen LogP contribution in [0.15, 0.2) is 30.3 Å². The van der Waals surface area contributed by atoms with Gasteiger partial charge in [0.05, 0.1) is 17.1 Å². The van der Waals surface area contributed by atoms with Crippen molar-refractivity contribution < 1.29 is 5.11 Å². The molecular formula is C16H17N3O. The van der Waals surface area contributed by atoms with Gasteiger partial charge >= 0.3 is 0 Å². The van der Waals surface area contributed by atoms with Crippen molar-refractivity contribution in [2.75, 3.05) is 11.9 Å². The summed E-state index contributed by atoms with van der Waals surface area (Å²) in [6.07, 6.45) is 3.22. The molecule has 0 bridgehead atoms. The lowest BCUT2D eigenvalue weighted by Gasteiger charge is -2.20. The summed E-state index contributed by atoms with van der Waals surface area (Å²) in [6.45, 7) is 0.205. The molecule has 3 rings (SSSR count). The zero-order valence-corrected chi connectivity index (χ0v) is 11.2. The van der Waals surface area contributed by atoms with Crippen LogP contribution in [0.25, 0.3) is 10.9 Å². The second-order valence-corrected chi connectivity index (χ2v) is 5.31. The van der Waals surface area contributed by atoms with E-state index in [0.29, 0.717) is 5.56 Å². The summed E-state index contributed by atoms with van der Waals surface area (Å²) in [7, 11) is 0. The molecule has 1 heterocycles. The largest absolute Gasteiger partial charge is 0.396 e. The van der Waals surface area contributed by atoms with Gasteiger partial charge in [0.2, 0.25) is 0 Å². The number of aliphatic hydroxyl groups is 1. The fourth-order valence-electron chi connectivity index (χ4n) is 2.98. The highest BCUT2D eigenvalue weighted by atomic mass is 16.3. The van der Waals surface area contributed by atoms with Crippen molar-refractivity contribution in [3.05, 3.63) is 35.9 Å². The van der Waals surface area contributed by atoms with Crippen LogP contribution >= 0.6 is 0 Å². The van der Waals surface area contributed by atoms with Crippen LogP contribution in [0.1, 0.15) is 24.8 Å². The van der Waals surface area contributed by atoms with E-state index in [1.165, 1.54) is 0 Å². The summed E-state index contributed by atoms with van der Waals surface area (Å²) in [5, 5.41) is 22.9. The van der Waals surface area contributed by atoms with E-state index in [4.69, 9.17) is 0 Å². The summed E-state index contributed by atoms with van der Waals surface area (Å²) in [6, 6.07) is 11.9. The molecule has 1 fully saturated rings.